The maximum Gasteiger partial charge on any atom is 0.254 e. The summed E-state index contributed by atoms with van der Waals surface area (Å²) in [5.74, 6) is -0.947. The number of amides is 2. The summed E-state index contributed by atoms with van der Waals surface area (Å²) in [6.45, 7) is 5.92. The lowest BCUT2D eigenvalue weighted by Crippen LogP contribution is -2.34. The molecular weight excluding hydrogens is 429 g/mol. The van der Waals surface area contributed by atoms with Gasteiger partial charge in [-0.1, -0.05) is 50.2 Å². The summed E-state index contributed by atoms with van der Waals surface area (Å²) in [6, 6.07) is 20.9. The van der Waals surface area contributed by atoms with Crippen molar-refractivity contribution in [2.24, 2.45) is 5.92 Å². The predicted octanol–water partition coefficient (Wildman–Crippen LogP) is 5.89. The lowest BCUT2D eigenvalue weighted by atomic mass is 10.0. The first-order valence-corrected chi connectivity index (χ1v) is 11.4. The molecule has 0 aromatic heterocycles. The van der Waals surface area contributed by atoms with Gasteiger partial charge in [0, 0.05) is 43.5 Å². The third kappa shape index (κ3) is 6.01. The molecule has 0 fully saturated rings. The molecule has 1 atom stereocenters. The molecule has 2 amide bonds. The summed E-state index contributed by atoms with van der Waals surface area (Å²) >= 11 is 0. The van der Waals surface area contributed by atoms with Gasteiger partial charge >= 0.3 is 0 Å². The molecule has 0 bridgehead atoms. The molecule has 178 valence electrons. The van der Waals surface area contributed by atoms with Crippen molar-refractivity contribution >= 4 is 23.2 Å². The van der Waals surface area contributed by atoms with Gasteiger partial charge in [0.25, 0.3) is 5.91 Å². The van der Waals surface area contributed by atoms with E-state index in [4.69, 9.17) is 0 Å². The largest absolute Gasteiger partial charge is 0.377 e. The second kappa shape index (κ2) is 11.0. The average Bonchev–Trinajstić information content (AvgIpc) is 2.82. The Labute approximate surface area is 201 Å². The van der Waals surface area contributed by atoms with E-state index in [2.05, 4.69) is 5.32 Å². The minimum Gasteiger partial charge on any atom is -0.377 e. The van der Waals surface area contributed by atoms with Gasteiger partial charge in [-0.15, -0.1) is 0 Å². The van der Waals surface area contributed by atoms with E-state index in [9.17, 15) is 14.0 Å². The van der Waals surface area contributed by atoms with E-state index in [-0.39, 0.29) is 30.3 Å². The second-order valence-electron chi connectivity index (χ2n) is 8.91. The SMILES string of the molecule is CC(C)C(=O)Nc1ccc(N(C)C)c(CN(C(=O)c2cccc(F)c2)[C@@H](C)c2ccccc2)c1. The second-order valence-corrected chi connectivity index (χ2v) is 8.91. The highest BCUT2D eigenvalue weighted by Crippen LogP contribution is 2.30. The lowest BCUT2D eigenvalue weighted by molar-refractivity contribution is -0.118. The molecule has 0 heterocycles. The topological polar surface area (TPSA) is 52.7 Å². The van der Waals surface area contributed by atoms with Crippen molar-refractivity contribution < 1.29 is 14.0 Å². The fourth-order valence-electron chi connectivity index (χ4n) is 3.78. The van der Waals surface area contributed by atoms with Gasteiger partial charge in [-0.3, -0.25) is 9.59 Å². The number of rotatable bonds is 8. The van der Waals surface area contributed by atoms with E-state index < -0.39 is 5.82 Å². The Hall–Kier alpha value is -3.67. The number of hydrogen-bond donors (Lipinski definition) is 1. The summed E-state index contributed by atoms with van der Waals surface area (Å²) in [5.41, 5.74) is 3.74. The van der Waals surface area contributed by atoms with Crippen LogP contribution in [0.4, 0.5) is 15.8 Å². The zero-order valence-corrected chi connectivity index (χ0v) is 20.4. The van der Waals surface area contributed by atoms with Crippen molar-refractivity contribution in [3.63, 3.8) is 0 Å². The van der Waals surface area contributed by atoms with Gasteiger partial charge in [-0.2, -0.15) is 0 Å². The fraction of sp³-hybridized carbons (Fsp3) is 0.286. The summed E-state index contributed by atoms with van der Waals surface area (Å²) in [7, 11) is 3.87. The molecule has 1 N–H and O–H groups in total. The first-order chi connectivity index (χ1) is 16.2. The smallest absolute Gasteiger partial charge is 0.254 e. The fourth-order valence-corrected chi connectivity index (χ4v) is 3.78. The number of carbonyl (C=O) groups is 2. The van der Waals surface area contributed by atoms with Crippen LogP contribution in [-0.2, 0) is 11.3 Å². The molecular formula is C28H32FN3O2. The normalized spacial score (nSPS) is 11.7. The molecule has 0 spiro atoms. The van der Waals surface area contributed by atoms with Crippen LogP contribution in [0, 0.1) is 11.7 Å². The van der Waals surface area contributed by atoms with E-state index >= 15 is 0 Å². The highest BCUT2D eigenvalue weighted by Gasteiger charge is 2.25. The van der Waals surface area contributed by atoms with Gasteiger partial charge in [-0.25, -0.2) is 4.39 Å². The number of nitrogens with zero attached hydrogens (tertiary/aromatic N) is 2. The molecule has 3 aromatic carbocycles. The average molecular weight is 462 g/mol. The van der Waals surface area contributed by atoms with Gasteiger partial charge in [0.2, 0.25) is 5.91 Å². The van der Waals surface area contributed by atoms with Gasteiger partial charge < -0.3 is 15.1 Å². The minimum atomic E-state index is -0.453. The Balaban J connectivity index is 2.04. The van der Waals surface area contributed by atoms with Crippen molar-refractivity contribution in [3.05, 3.63) is 95.3 Å². The predicted molar refractivity (Wildman–Crippen MR) is 135 cm³/mol. The van der Waals surface area contributed by atoms with Crippen LogP contribution in [-0.4, -0.2) is 30.8 Å². The molecule has 0 saturated carbocycles. The Morgan fingerprint density at radius 3 is 2.24 bits per heavy atom. The minimum absolute atomic E-state index is 0.0751. The Morgan fingerprint density at radius 1 is 0.912 bits per heavy atom. The molecule has 5 nitrogen and oxygen atoms in total. The number of anilines is 2. The van der Waals surface area contributed by atoms with Crippen molar-refractivity contribution in [1.29, 1.82) is 0 Å². The number of benzene rings is 3. The Bertz CT molecular complexity index is 1150. The third-order valence-corrected chi connectivity index (χ3v) is 5.78. The lowest BCUT2D eigenvalue weighted by Gasteiger charge is -2.32. The first-order valence-electron chi connectivity index (χ1n) is 11.4. The molecule has 0 aliphatic heterocycles. The summed E-state index contributed by atoms with van der Waals surface area (Å²) < 4.78 is 13.9. The first kappa shape index (κ1) is 25.0. The van der Waals surface area contributed by atoms with Crippen LogP contribution in [0.2, 0.25) is 0 Å². The van der Waals surface area contributed by atoms with E-state index in [1.54, 1.807) is 17.0 Å². The van der Waals surface area contributed by atoms with Gasteiger partial charge in [-0.05, 0) is 54.4 Å². The van der Waals surface area contributed by atoms with Crippen molar-refractivity contribution in [1.82, 2.24) is 4.90 Å². The number of hydrogen-bond acceptors (Lipinski definition) is 3. The summed E-state index contributed by atoms with van der Waals surface area (Å²) in [6.07, 6.45) is 0. The van der Waals surface area contributed by atoms with Crippen LogP contribution < -0.4 is 10.2 Å². The molecule has 0 saturated heterocycles. The van der Waals surface area contributed by atoms with Crippen LogP contribution in [0.3, 0.4) is 0 Å². The van der Waals surface area contributed by atoms with Crippen molar-refractivity contribution in [3.8, 4) is 0 Å². The van der Waals surface area contributed by atoms with Gasteiger partial charge in [0.05, 0.1) is 6.04 Å². The van der Waals surface area contributed by atoms with Crippen LogP contribution in [0.15, 0.2) is 72.8 Å². The summed E-state index contributed by atoms with van der Waals surface area (Å²) in [5, 5.41) is 2.94. The molecule has 0 radical (unpaired) electrons. The van der Waals surface area contributed by atoms with Crippen molar-refractivity contribution in [2.45, 2.75) is 33.4 Å². The van der Waals surface area contributed by atoms with Crippen molar-refractivity contribution in [2.75, 3.05) is 24.3 Å². The highest BCUT2D eigenvalue weighted by atomic mass is 19.1. The van der Waals surface area contributed by atoms with Crippen LogP contribution >= 0.6 is 0 Å². The van der Waals surface area contributed by atoms with Crippen LogP contribution in [0.25, 0.3) is 0 Å². The maximum absolute atomic E-state index is 13.9. The molecule has 3 aromatic rings. The van der Waals surface area contributed by atoms with E-state index in [0.29, 0.717) is 11.3 Å². The van der Waals surface area contributed by atoms with E-state index in [0.717, 1.165) is 16.8 Å². The van der Waals surface area contributed by atoms with Crippen LogP contribution in [0.5, 0.6) is 0 Å². The standard InChI is InChI=1S/C28H32FN3O2/c1-19(2)27(33)30-25-14-15-26(31(4)5)23(17-25)18-32(20(3)21-10-7-6-8-11-21)28(34)22-12-9-13-24(29)16-22/h6-17,19-20H,18H2,1-5H3,(H,30,33)/t20-/m0/s1. The number of carbonyl (C=O) groups excluding carboxylic acids is 2. The zero-order valence-electron chi connectivity index (χ0n) is 20.4. The highest BCUT2D eigenvalue weighted by molar-refractivity contribution is 5.95. The zero-order chi connectivity index (χ0) is 24.8. The number of halogens is 1. The van der Waals surface area contributed by atoms with Gasteiger partial charge in [0.15, 0.2) is 0 Å². The molecule has 0 unspecified atom stereocenters. The van der Waals surface area contributed by atoms with E-state index in [1.807, 2.05) is 88.3 Å². The molecule has 34 heavy (non-hydrogen) atoms. The third-order valence-electron chi connectivity index (χ3n) is 5.78. The van der Waals surface area contributed by atoms with Gasteiger partial charge in [0.1, 0.15) is 5.82 Å². The molecule has 0 aliphatic rings. The maximum atomic E-state index is 13.9. The summed E-state index contributed by atoms with van der Waals surface area (Å²) in [4.78, 5) is 29.6. The Kier molecular flexibility index (Phi) is 8.05. The molecule has 6 heteroatoms. The molecule has 0 aliphatic carbocycles. The molecule has 3 rings (SSSR count). The van der Waals surface area contributed by atoms with Crippen LogP contribution in [0.1, 0.15) is 48.3 Å². The Morgan fingerprint density at radius 2 is 1.62 bits per heavy atom. The monoisotopic (exact) mass is 461 g/mol. The quantitative estimate of drug-likeness (QED) is 0.455. The van der Waals surface area contributed by atoms with E-state index in [1.165, 1.54) is 12.1 Å². The number of nitrogens with one attached hydrogen (secondary N) is 1.